The van der Waals surface area contributed by atoms with Crippen LogP contribution in [0.25, 0.3) is 0 Å². The maximum absolute atomic E-state index is 12.7. The predicted molar refractivity (Wildman–Crippen MR) is 71.2 cm³/mol. The highest BCUT2D eigenvalue weighted by molar-refractivity contribution is 5.22. The smallest absolute Gasteiger partial charge is 0.123 e. The molecule has 0 aliphatic carbocycles. The van der Waals surface area contributed by atoms with Crippen molar-refractivity contribution in [3.63, 3.8) is 0 Å². The molecule has 6 heteroatoms. The van der Waals surface area contributed by atoms with E-state index in [1.807, 2.05) is 0 Å². The van der Waals surface area contributed by atoms with Gasteiger partial charge in [-0.15, -0.1) is 0 Å². The van der Waals surface area contributed by atoms with Crippen molar-refractivity contribution >= 4 is 0 Å². The van der Waals surface area contributed by atoms with Crippen molar-refractivity contribution < 1.29 is 24.1 Å². The van der Waals surface area contributed by atoms with E-state index in [4.69, 9.17) is 9.47 Å². The first-order chi connectivity index (χ1) is 9.57. The molecule has 1 aliphatic rings. The van der Waals surface area contributed by atoms with E-state index in [1.54, 1.807) is 0 Å². The minimum Gasteiger partial charge on any atom is -0.491 e. The fraction of sp³-hybridized carbons (Fsp3) is 0.571. The summed E-state index contributed by atoms with van der Waals surface area (Å²) >= 11 is 0. The molecule has 2 unspecified atom stereocenters. The molecule has 1 heterocycles. The standard InChI is InChI=1S/C14H20FNO4/c15-11-1-3-13(4-2-11)20-8-12(17)7-16-9-14(18)5-6-19-10-14/h1-4,12,16-18H,5-10H2. The molecule has 0 radical (unpaired) electrons. The maximum atomic E-state index is 12.7. The first kappa shape index (κ1) is 15.2. The van der Waals surface area contributed by atoms with E-state index < -0.39 is 11.7 Å². The largest absolute Gasteiger partial charge is 0.491 e. The van der Waals surface area contributed by atoms with E-state index in [0.717, 1.165) is 0 Å². The zero-order valence-corrected chi connectivity index (χ0v) is 11.2. The van der Waals surface area contributed by atoms with E-state index in [1.165, 1.54) is 24.3 Å². The zero-order valence-electron chi connectivity index (χ0n) is 11.2. The van der Waals surface area contributed by atoms with Gasteiger partial charge in [0.2, 0.25) is 0 Å². The number of rotatable bonds is 7. The average Bonchev–Trinajstić information content (AvgIpc) is 2.85. The minimum atomic E-state index is -0.836. The molecule has 1 aromatic carbocycles. The molecule has 5 nitrogen and oxygen atoms in total. The SMILES string of the molecule is OC(CNCC1(O)CCOC1)COc1ccc(F)cc1. The molecule has 2 rings (SSSR count). The molecule has 20 heavy (non-hydrogen) atoms. The minimum absolute atomic E-state index is 0.105. The van der Waals surface area contributed by atoms with Crippen LogP contribution in [0.1, 0.15) is 6.42 Å². The summed E-state index contributed by atoms with van der Waals surface area (Å²) in [4.78, 5) is 0. The summed E-state index contributed by atoms with van der Waals surface area (Å²) in [5.41, 5.74) is -0.836. The molecular formula is C14H20FNO4. The van der Waals surface area contributed by atoms with E-state index in [2.05, 4.69) is 5.32 Å². The highest BCUT2D eigenvalue weighted by Gasteiger charge is 2.31. The highest BCUT2D eigenvalue weighted by atomic mass is 19.1. The number of ether oxygens (including phenoxy) is 2. The summed E-state index contributed by atoms with van der Waals surface area (Å²) in [5.74, 6) is 0.180. The van der Waals surface area contributed by atoms with Crippen LogP contribution >= 0.6 is 0 Å². The second-order valence-electron chi connectivity index (χ2n) is 5.08. The molecule has 1 aliphatic heterocycles. The van der Waals surface area contributed by atoms with Gasteiger partial charge in [-0.3, -0.25) is 0 Å². The molecule has 0 bridgehead atoms. The summed E-state index contributed by atoms with van der Waals surface area (Å²) in [7, 11) is 0. The van der Waals surface area contributed by atoms with Crippen molar-refractivity contribution in [2.24, 2.45) is 0 Å². The predicted octanol–water partition coefficient (Wildman–Crippen LogP) is 0.306. The Kier molecular flexibility index (Phi) is 5.31. The Morgan fingerprint density at radius 1 is 1.40 bits per heavy atom. The highest BCUT2D eigenvalue weighted by Crippen LogP contribution is 2.16. The Bertz CT molecular complexity index is 406. The Morgan fingerprint density at radius 3 is 2.80 bits per heavy atom. The Labute approximate surface area is 117 Å². The number of aliphatic hydroxyl groups excluding tert-OH is 1. The molecule has 0 spiro atoms. The van der Waals surface area contributed by atoms with E-state index >= 15 is 0 Å². The summed E-state index contributed by atoms with van der Waals surface area (Å²) in [6.45, 7) is 1.67. The van der Waals surface area contributed by atoms with Gasteiger partial charge >= 0.3 is 0 Å². The van der Waals surface area contributed by atoms with E-state index in [-0.39, 0.29) is 12.4 Å². The lowest BCUT2D eigenvalue weighted by molar-refractivity contribution is 0.0226. The normalized spacial score (nSPS) is 23.8. The number of hydrogen-bond donors (Lipinski definition) is 3. The molecule has 1 saturated heterocycles. The average molecular weight is 285 g/mol. The fourth-order valence-corrected chi connectivity index (χ4v) is 1.99. The van der Waals surface area contributed by atoms with E-state index in [0.29, 0.717) is 38.5 Å². The van der Waals surface area contributed by atoms with Crippen LogP contribution in [0.5, 0.6) is 5.75 Å². The lowest BCUT2D eigenvalue weighted by Crippen LogP contribution is -2.44. The second-order valence-corrected chi connectivity index (χ2v) is 5.08. The molecule has 1 fully saturated rings. The number of halogens is 1. The molecule has 2 atom stereocenters. The number of aliphatic hydroxyl groups is 2. The van der Waals surface area contributed by atoms with E-state index in [9.17, 15) is 14.6 Å². The molecule has 0 aromatic heterocycles. The fourth-order valence-electron chi connectivity index (χ4n) is 1.99. The summed E-state index contributed by atoms with van der Waals surface area (Å²) < 4.78 is 23.1. The second kappa shape index (κ2) is 6.99. The van der Waals surface area contributed by atoms with Crippen LogP contribution in [-0.4, -0.2) is 54.8 Å². The summed E-state index contributed by atoms with van der Waals surface area (Å²) in [6, 6.07) is 5.62. The Balaban J connectivity index is 1.62. The summed E-state index contributed by atoms with van der Waals surface area (Å²) in [6.07, 6.45) is -0.103. The first-order valence-electron chi connectivity index (χ1n) is 6.65. The van der Waals surface area contributed by atoms with Crippen molar-refractivity contribution in [3.05, 3.63) is 30.1 Å². The van der Waals surface area contributed by atoms with Crippen molar-refractivity contribution in [1.82, 2.24) is 5.32 Å². The topological polar surface area (TPSA) is 71.0 Å². The first-order valence-corrected chi connectivity index (χ1v) is 6.65. The van der Waals surface area contributed by atoms with Crippen LogP contribution in [0.4, 0.5) is 4.39 Å². The van der Waals surface area contributed by atoms with Gasteiger partial charge in [-0.05, 0) is 24.3 Å². The van der Waals surface area contributed by atoms with Gasteiger partial charge in [0.05, 0.1) is 6.61 Å². The van der Waals surface area contributed by atoms with Crippen molar-refractivity contribution in [1.29, 1.82) is 0 Å². The molecule has 1 aromatic rings. The number of nitrogens with one attached hydrogen (secondary N) is 1. The summed E-state index contributed by atoms with van der Waals surface area (Å²) in [5, 5.41) is 22.7. The quantitative estimate of drug-likeness (QED) is 0.672. The molecule has 112 valence electrons. The van der Waals surface area contributed by atoms with Crippen molar-refractivity contribution in [2.75, 3.05) is 32.9 Å². The van der Waals surface area contributed by atoms with Gasteiger partial charge in [0, 0.05) is 26.1 Å². The number of benzene rings is 1. The van der Waals surface area contributed by atoms with Gasteiger partial charge in [0.15, 0.2) is 0 Å². The van der Waals surface area contributed by atoms with Gasteiger partial charge < -0.3 is 25.0 Å². The Hall–Kier alpha value is -1.21. The molecule has 0 amide bonds. The van der Waals surface area contributed by atoms with Gasteiger partial charge in [0.25, 0.3) is 0 Å². The van der Waals surface area contributed by atoms with Crippen molar-refractivity contribution in [3.8, 4) is 5.75 Å². The lowest BCUT2D eigenvalue weighted by Gasteiger charge is -2.22. The molecular weight excluding hydrogens is 265 g/mol. The van der Waals surface area contributed by atoms with Crippen LogP contribution in [0.3, 0.4) is 0 Å². The molecule has 0 saturated carbocycles. The maximum Gasteiger partial charge on any atom is 0.123 e. The van der Waals surface area contributed by atoms with Gasteiger partial charge in [-0.1, -0.05) is 0 Å². The molecule has 3 N–H and O–H groups in total. The van der Waals surface area contributed by atoms with Crippen LogP contribution in [-0.2, 0) is 4.74 Å². The van der Waals surface area contributed by atoms with Crippen molar-refractivity contribution in [2.45, 2.75) is 18.1 Å². The third-order valence-electron chi connectivity index (χ3n) is 3.17. The van der Waals surface area contributed by atoms with Crippen LogP contribution in [0.15, 0.2) is 24.3 Å². The lowest BCUT2D eigenvalue weighted by atomic mass is 10.0. The monoisotopic (exact) mass is 285 g/mol. The van der Waals surface area contributed by atoms with Crippen LogP contribution in [0, 0.1) is 5.82 Å². The van der Waals surface area contributed by atoms with Crippen LogP contribution in [0.2, 0.25) is 0 Å². The third-order valence-corrected chi connectivity index (χ3v) is 3.17. The van der Waals surface area contributed by atoms with Gasteiger partial charge in [-0.2, -0.15) is 0 Å². The van der Waals surface area contributed by atoms with Crippen LogP contribution < -0.4 is 10.1 Å². The third kappa shape index (κ3) is 4.72. The van der Waals surface area contributed by atoms with Gasteiger partial charge in [0.1, 0.15) is 29.9 Å². The zero-order chi connectivity index (χ0) is 14.4. The Morgan fingerprint density at radius 2 is 2.15 bits per heavy atom. The number of hydrogen-bond acceptors (Lipinski definition) is 5. The van der Waals surface area contributed by atoms with Gasteiger partial charge in [-0.25, -0.2) is 4.39 Å².